The van der Waals surface area contributed by atoms with Crippen molar-refractivity contribution in [3.8, 4) is 11.1 Å². The summed E-state index contributed by atoms with van der Waals surface area (Å²) in [5.74, 6) is -0.300. The summed E-state index contributed by atoms with van der Waals surface area (Å²) in [7, 11) is 0. The molecule has 0 radical (unpaired) electrons. The number of aromatic nitrogens is 5. The minimum absolute atomic E-state index is 0.112. The number of rotatable bonds is 6. The van der Waals surface area contributed by atoms with Gasteiger partial charge in [-0.15, -0.1) is 0 Å². The molecule has 4 aromatic rings. The maximum absolute atomic E-state index is 12.7. The lowest BCUT2D eigenvalue weighted by Gasteiger charge is -2.33. The molecule has 2 N–H and O–H groups in total. The number of fused-ring (bicyclic) bond motifs is 2. The molecular weight excluding hydrogens is 418 g/mol. The van der Waals surface area contributed by atoms with Crippen molar-refractivity contribution in [1.82, 2.24) is 35.0 Å². The largest absolute Gasteiger partial charge is 0.354 e. The number of carbonyl (C=O) groups excluding carboxylic acids is 2. The number of nitrogens with zero attached hydrogens (tertiary/aromatic N) is 5. The second-order valence-electron chi connectivity index (χ2n) is 8.16. The molecule has 0 spiro atoms. The van der Waals surface area contributed by atoms with E-state index in [1.807, 2.05) is 24.4 Å². The van der Waals surface area contributed by atoms with Crippen LogP contribution >= 0.6 is 0 Å². The summed E-state index contributed by atoms with van der Waals surface area (Å²) in [5.41, 5.74) is 4.69. The van der Waals surface area contributed by atoms with E-state index in [9.17, 15) is 9.59 Å². The lowest BCUT2D eigenvalue weighted by molar-refractivity contribution is -0.138. The number of likely N-dealkylation sites (tertiary alicyclic amines) is 1. The van der Waals surface area contributed by atoms with Crippen molar-refractivity contribution in [2.75, 3.05) is 13.1 Å². The van der Waals surface area contributed by atoms with Crippen molar-refractivity contribution in [3.63, 3.8) is 0 Å². The third-order valence-electron chi connectivity index (χ3n) is 6.14. The van der Waals surface area contributed by atoms with Crippen LogP contribution in [0, 0.1) is 0 Å². The number of nitrogens with one attached hydrogen (secondary N) is 2. The van der Waals surface area contributed by atoms with Crippen molar-refractivity contribution < 1.29 is 9.59 Å². The number of hydrogen-bond donors (Lipinski definition) is 2. The molecule has 9 nitrogen and oxygen atoms in total. The molecule has 1 fully saturated rings. The van der Waals surface area contributed by atoms with Crippen molar-refractivity contribution in [1.29, 1.82) is 0 Å². The Kier molecular flexibility index (Phi) is 5.60. The number of H-pyrrole nitrogens is 1. The van der Waals surface area contributed by atoms with Gasteiger partial charge in [0.1, 0.15) is 11.7 Å². The quantitative estimate of drug-likeness (QED) is 0.445. The van der Waals surface area contributed by atoms with Crippen LogP contribution in [0.1, 0.15) is 25.0 Å². The molecule has 1 saturated heterocycles. The zero-order chi connectivity index (χ0) is 22.8. The highest BCUT2D eigenvalue weighted by molar-refractivity contribution is 5.97. The van der Waals surface area contributed by atoms with Crippen molar-refractivity contribution >= 4 is 28.4 Å². The van der Waals surface area contributed by atoms with Gasteiger partial charge in [-0.2, -0.15) is 14.8 Å². The maximum Gasteiger partial charge on any atom is 0.246 e. The number of carbonyl (C=O) groups is 2. The molecule has 5 rings (SSSR count). The van der Waals surface area contributed by atoms with Gasteiger partial charge in [0, 0.05) is 48.5 Å². The highest BCUT2D eigenvalue weighted by Gasteiger charge is 2.30. The summed E-state index contributed by atoms with van der Waals surface area (Å²) >= 11 is 0. The van der Waals surface area contributed by atoms with Crippen molar-refractivity contribution in [2.24, 2.45) is 0 Å². The van der Waals surface area contributed by atoms with E-state index in [0.29, 0.717) is 25.9 Å². The molecule has 0 aliphatic carbocycles. The first-order chi connectivity index (χ1) is 16.2. The van der Waals surface area contributed by atoms with Gasteiger partial charge in [-0.25, -0.2) is 4.98 Å². The van der Waals surface area contributed by atoms with E-state index in [4.69, 9.17) is 0 Å². The first-order valence-electron chi connectivity index (χ1n) is 11.1. The zero-order valence-electron chi connectivity index (χ0n) is 18.2. The van der Waals surface area contributed by atoms with Gasteiger partial charge in [0.05, 0.1) is 11.7 Å². The van der Waals surface area contributed by atoms with Gasteiger partial charge in [0.15, 0.2) is 0 Å². The summed E-state index contributed by atoms with van der Waals surface area (Å²) < 4.78 is 1.61. The van der Waals surface area contributed by atoms with Crippen LogP contribution in [0.15, 0.2) is 55.5 Å². The van der Waals surface area contributed by atoms with Crippen LogP contribution in [-0.4, -0.2) is 60.6 Å². The highest BCUT2D eigenvalue weighted by Crippen LogP contribution is 2.30. The Morgan fingerprint density at radius 2 is 2.12 bits per heavy atom. The van der Waals surface area contributed by atoms with Gasteiger partial charge in [-0.1, -0.05) is 6.58 Å². The van der Waals surface area contributed by atoms with Crippen LogP contribution in [0.3, 0.4) is 0 Å². The fourth-order valence-electron chi connectivity index (χ4n) is 4.51. The Bertz CT molecular complexity index is 1340. The minimum atomic E-state index is -0.426. The van der Waals surface area contributed by atoms with Gasteiger partial charge >= 0.3 is 0 Å². The van der Waals surface area contributed by atoms with E-state index >= 15 is 0 Å². The van der Waals surface area contributed by atoms with Crippen LogP contribution < -0.4 is 5.32 Å². The van der Waals surface area contributed by atoms with Gasteiger partial charge in [0.2, 0.25) is 11.8 Å². The van der Waals surface area contributed by atoms with Gasteiger partial charge in [0.25, 0.3) is 0 Å². The molecule has 2 amide bonds. The molecule has 1 aliphatic heterocycles. The molecule has 0 saturated carbocycles. The average Bonchev–Trinajstić information content (AvgIpc) is 3.47. The number of amides is 2. The van der Waals surface area contributed by atoms with Crippen molar-refractivity contribution in [2.45, 2.75) is 31.7 Å². The fraction of sp³-hybridized carbons (Fsp3) is 0.292. The molecule has 168 valence electrons. The third kappa shape index (κ3) is 3.97. The predicted octanol–water partition coefficient (Wildman–Crippen LogP) is 2.50. The summed E-state index contributed by atoms with van der Waals surface area (Å²) in [6.45, 7) is 4.61. The molecule has 5 heterocycles. The first kappa shape index (κ1) is 20.9. The van der Waals surface area contributed by atoms with E-state index < -0.39 is 6.04 Å². The Balaban J connectivity index is 1.30. The zero-order valence-corrected chi connectivity index (χ0v) is 18.2. The summed E-state index contributed by atoms with van der Waals surface area (Å²) in [6, 6.07) is 7.48. The molecule has 0 aromatic carbocycles. The van der Waals surface area contributed by atoms with E-state index in [1.165, 1.54) is 6.08 Å². The van der Waals surface area contributed by atoms with Crippen LogP contribution in [-0.2, 0) is 16.0 Å². The van der Waals surface area contributed by atoms with Crippen molar-refractivity contribution in [3.05, 3.63) is 61.2 Å². The second kappa shape index (κ2) is 8.85. The van der Waals surface area contributed by atoms with E-state index in [-0.39, 0.29) is 11.8 Å². The van der Waals surface area contributed by atoms with Gasteiger partial charge < -0.3 is 15.2 Å². The van der Waals surface area contributed by atoms with Crippen LogP contribution in [0.25, 0.3) is 27.7 Å². The Hall–Kier alpha value is -4.01. The number of aromatic amines is 1. The molecule has 1 atom stereocenters. The molecule has 0 unspecified atom stereocenters. The Morgan fingerprint density at radius 1 is 1.21 bits per heavy atom. The lowest BCUT2D eigenvalue weighted by atomic mass is 10.0. The second-order valence-corrected chi connectivity index (χ2v) is 8.16. The van der Waals surface area contributed by atoms with Gasteiger partial charge in [-0.05, 0) is 55.2 Å². The Morgan fingerprint density at radius 3 is 3.00 bits per heavy atom. The monoisotopic (exact) mass is 443 g/mol. The van der Waals surface area contributed by atoms with E-state index in [2.05, 4.69) is 38.1 Å². The summed E-state index contributed by atoms with van der Waals surface area (Å²) in [6.07, 6.45) is 9.72. The number of pyridine rings is 1. The highest BCUT2D eigenvalue weighted by atomic mass is 16.2. The maximum atomic E-state index is 12.7. The summed E-state index contributed by atoms with van der Waals surface area (Å²) in [4.78, 5) is 34.3. The summed E-state index contributed by atoms with van der Waals surface area (Å²) in [5, 5.41) is 12.6. The van der Waals surface area contributed by atoms with Crippen LogP contribution in [0.2, 0.25) is 0 Å². The van der Waals surface area contributed by atoms with Crippen LogP contribution in [0.5, 0.6) is 0 Å². The Labute approximate surface area is 190 Å². The first-order valence-corrected chi connectivity index (χ1v) is 11.1. The van der Waals surface area contributed by atoms with E-state index in [0.717, 1.165) is 46.2 Å². The SMILES string of the molecule is C=CC(=O)N1CCCC[C@@H]1C(=O)NCCc1cc2c(-c3cnn4ncccc34)ccnc2[nH]1. The van der Waals surface area contributed by atoms with Gasteiger partial charge in [-0.3, -0.25) is 9.59 Å². The molecule has 1 aliphatic rings. The third-order valence-corrected chi connectivity index (χ3v) is 6.14. The molecule has 9 heteroatoms. The fourth-order valence-corrected chi connectivity index (χ4v) is 4.51. The predicted molar refractivity (Wildman–Crippen MR) is 124 cm³/mol. The molecule has 0 bridgehead atoms. The lowest BCUT2D eigenvalue weighted by Crippen LogP contribution is -2.51. The molecule has 4 aromatic heterocycles. The smallest absolute Gasteiger partial charge is 0.246 e. The van der Waals surface area contributed by atoms with E-state index in [1.54, 1.807) is 21.9 Å². The topological polar surface area (TPSA) is 108 Å². The normalized spacial score (nSPS) is 16.2. The minimum Gasteiger partial charge on any atom is -0.354 e. The molecule has 33 heavy (non-hydrogen) atoms. The number of hydrogen-bond acceptors (Lipinski definition) is 5. The molecular formula is C24H25N7O2. The van der Waals surface area contributed by atoms with Crippen LogP contribution in [0.4, 0.5) is 0 Å². The standard InChI is InChI=1S/C24H25N7O2/c1-2-22(32)30-13-4-3-6-21(30)24(33)26-11-8-16-14-18-17(9-12-25-23(18)29-16)19-15-28-31-20(19)7-5-10-27-31/h2,5,7,9-10,12,14-15,21H,1,3-4,6,8,11,13H2,(H,25,29)(H,26,33)/t21-/m1/s1. The number of piperidine rings is 1. The average molecular weight is 444 g/mol.